The SMILES string of the molecule is CCCCS(=O)(=O)N1CCC(C(=O)Nc2nc(-c3ccc(F)cc3)ns2)CC1. The van der Waals surface area contributed by atoms with Crippen LogP contribution in [-0.4, -0.2) is 46.8 Å². The highest BCUT2D eigenvalue weighted by Crippen LogP contribution is 2.25. The van der Waals surface area contributed by atoms with Crippen molar-refractivity contribution >= 4 is 32.6 Å². The van der Waals surface area contributed by atoms with Crippen molar-refractivity contribution < 1.29 is 17.6 Å². The lowest BCUT2D eigenvalue weighted by molar-refractivity contribution is -0.120. The highest BCUT2D eigenvalue weighted by Gasteiger charge is 2.31. The highest BCUT2D eigenvalue weighted by atomic mass is 32.2. The number of amides is 1. The zero-order chi connectivity index (χ0) is 20.1. The average molecular weight is 427 g/mol. The Hall–Kier alpha value is -1.91. The molecule has 1 aromatic heterocycles. The fraction of sp³-hybridized carbons (Fsp3) is 0.500. The predicted molar refractivity (Wildman–Crippen MR) is 107 cm³/mol. The lowest BCUT2D eigenvalue weighted by Gasteiger charge is -2.30. The third-order valence-corrected chi connectivity index (χ3v) is 7.32. The molecule has 7 nitrogen and oxygen atoms in total. The number of nitrogens with zero attached hydrogens (tertiary/aromatic N) is 3. The summed E-state index contributed by atoms with van der Waals surface area (Å²) in [7, 11) is -3.23. The minimum absolute atomic E-state index is 0.164. The molecule has 1 saturated heterocycles. The van der Waals surface area contributed by atoms with Crippen LogP contribution in [0.5, 0.6) is 0 Å². The number of anilines is 1. The third kappa shape index (κ3) is 5.12. The summed E-state index contributed by atoms with van der Waals surface area (Å²) < 4.78 is 43.2. The molecule has 1 aliphatic rings. The Morgan fingerprint density at radius 1 is 1.29 bits per heavy atom. The van der Waals surface area contributed by atoms with Crippen LogP contribution >= 0.6 is 11.5 Å². The second kappa shape index (κ2) is 9.06. The molecule has 152 valence electrons. The van der Waals surface area contributed by atoms with Crippen molar-refractivity contribution in [3.8, 4) is 11.4 Å². The van der Waals surface area contributed by atoms with Crippen molar-refractivity contribution in [3.63, 3.8) is 0 Å². The lowest BCUT2D eigenvalue weighted by Crippen LogP contribution is -2.42. The zero-order valence-corrected chi connectivity index (χ0v) is 17.2. The second-order valence-electron chi connectivity index (χ2n) is 6.76. The number of carbonyl (C=O) groups excluding carboxylic acids is 1. The summed E-state index contributed by atoms with van der Waals surface area (Å²) in [6, 6.07) is 5.82. The van der Waals surface area contributed by atoms with E-state index in [4.69, 9.17) is 0 Å². The number of benzene rings is 1. The van der Waals surface area contributed by atoms with Gasteiger partial charge in [0, 0.05) is 36.1 Å². The van der Waals surface area contributed by atoms with E-state index in [1.165, 1.54) is 16.4 Å². The monoisotopic (exact) mass is 426 g/mol. The van der Waals surface area contributed by atoms with Crippen LogP contribution in [-0.2, 0) is 14.8 Å². The summed E-state index contributed by atoms with van der Waals surface area (Å²) in [5, 5.41) is 3.14. The van der Waals surface area contributed by atoms with E-state index < -0.39 is 10.0 Å². The highest BCUT2D eigenvalue weighted by molar-refractivity contribution is 7.89. The van der Waals surface area contributed by atoms with E-state index in [1.807, 2.05) is 6.92 Å². The number of unbranched alkanes of at least 4 members (excludes halogenated alkanes) is 1. The van der Waals surface area contributed by atoms with Crippen LogP contribution in [0.25, 0.3) is 11.4 Å². The van der Waals surface area contributed by atoms with E-state index in [9.17, 15) is 17.6 Å². The molecule has 1 aliphatic heterocycles. The molecule has 10 heteroatoms. The maximum absolute atomic E-state index is 13.0. The van der Waals surface area contributed by atoms with Crippen LogP contribution in [0.1, 0.15) is 32.6 Å². The number of hydrogen-bond donors (Lipinski definition) is 1. The molecule has 0 aliphatic carbocycles. The number of carbonyl (C=O) groups is 1. The van der Waals surface area contributed by atoms with Gasteiger partial charge in [0.2, 0.25) is 21.1 Å². The second-order valence-corrected chi connectivity index (χ2v) is 9.60. The van der Waals surface area contributed by atoms with Crippen molar-refractivity contribution in [3.05, 3.63) is 30.1 Å². The Bertz CT molecular complexity index is 907. The van der Waals surface area contributed by atoms with Gasteiger partial charge in [0.05, 0.1) is 5.75 Å². The number of aromatic nitrogens is 2. The number of piperidine rings is 1. The number of sulfonamides is 1. The molecule has 2 heterocycles. The molecule has 0 bridgehead atoms. The molecule has 28 heavy (non-hydrogen) atoms. The first-order valence-corrected chi connectivity index (χ1v) is 11.7. The van der Waals surface area contributed by atoms with Gasteiger partial charge in [0.1, 0.15) is 5.82 Å². The molecule has 0 atom stereocenters. The van der Waals surface area contributed by atoms with Crippen LogP contribution in [0, 0.1) is 11.7 Å². The molecular weight excluding hydrogens is 403 g/mol. The number of rotatable bonds is 7. The minimum Gasteiger partial charge on any atom is -0.300 e. The Labute approximate surface area is 168 Å². The molecule has 0 saturated carbocycles. The van der Waals surface area contributed by atoms with Gasteiger partial charge in [0.15, 0.2) is 5.82 Å². The van der Waals surface area contributed by atoms with Crippen LogP contribution in [0.3, 0.4) is 0 Å². The average Bonchev–Trinajstić information content (AvgIpc) is 3.15. The molecule has 0 radical (unpaired) electrons. The van der Waals surface area contributed by atoms with Crippen LogP contribution in [0.15, 0.2) is 24.3 Å². The van der Waals surface area contributed by atoms with E-state index in [2.05, 4.69) is 14.7 Å². The topological polar surface area (TPSA) is 92.3 Å². The van der Waals surface area contributed by atoms with E-state index in [-0.39, 0.29) is 23.4 Å². The summed E-state index contributed by atoms with van der Waals surface area (Å²) in [5.74, 6) is -0.173. The molecular formula is C18H23FN4O3S2. The molecule has 2 aromatic rings. The summed E-state index contributed by atoms with van der Waals surface area (Å²) in [5.41, 5.74) is 0.670. The van der Waals surface area contributed by atoms with Crippen LogP contribution in [0.4, 0.5) is 9.52 Å². The molecule has 1 amide bonds. The van der Waals surface area contributed by atoms with Gasteiger partial charge < -0.3 is 5.32 Å². The largest absolute Gasteiger partial charge is 0.300 e. The fourth-order valence-electron chi connectivity index (χ4n) is 3.05. The van der Waals surface area contributed by atoms with E-state index in [1.54, 1.807) is 12.1 Å². The van der Waals surface area contributed by atoms with Gasteiger partial charge in [-0.1, -0.05) is 13.3 Å². The van der Waals surface area contributed by atoms with Crippen molar-refractivity contribution in [1.29, 1.82) is 0 Å². The number of nitrogens with one attached hydrogen (secondary N) is 1. The normalized spacial score (nSPS) is 16.2. The third-order valence-electron chi connectivity index (χ3n) is 4.73. The quantitative estimate of drug-likeness (QED) is 0.734. The van der Waals surface area contributed by atoms with Gasteiger partial charge in [-0.3, -0.25) is 4.79 Å². The van der Waals surface area contributed by atoms with Gasteiger partial charge in [-0.05, 0) is 43.5 Å². The van der Waals surface area contributed by atoms with Gasteiger partial charge >= 0.3 is 0 Å². The fourth-order valence-corrected chi connectivity index (χ4v) is 5.32. The van der Waals surface area contributed by atoms with Crippen molar-refractivity contribution in [1.82, 2.24) is 13.7 Å². The van der Waals surface area contributed by atoms with Gasteiger partial charge in [-0.15, -0.1) is 0 Å². The standard InChI is InChI=1S/C18H23FN4O3S2/c1-2-3-12-28(25,26)23-10-8-14(9-11-23)17(24)21-18-20-16(22-27-18)13-4-6-15(19)7-5-13/h4-7,14H,2-3,8-12H2,1H3,(H,20,21,22,24). The predicted octanol–water partition coefficient (Wildman–Crippen LogP) is 3.12. The van der Waals surface area contributed by atoms with Gasteiger partial charge in [0.25, 0.3) is 0 Å². The van der Waals surface area contributed by atoms with Crippen molar-refractivity contribution in [2.24, 2.45) is 5.92 Å². The van der Waals surface area contributed by atoms with Crippen molar-refractivity contribution in [2.45, 2.75) is 32.6 Å². The summed E-state index contributed by atoms with van der Waals surface area (Å²) in [6.07, 6.45) is 2.46. The maximum atomic E-state index is 13.0. The molecule has 0 unspecified atom stereocenters. The molecule has 1 aromatic carbocycles. The first kappa shape index (κ1) is 20.8. The minimum atomic E-state index is -3.23. The first-order valence-electron chi connectivity index (χ1n) is 9.27. The Kier molecular flexibility index (Phi) is 6.73. The van der Waals surface area contributed by atoms with Gasteiger partial charge in [-0.2, -0.15) is 9.36 Å². The smallest absolute Gasteiger partial charge is 0.229 e. The van der Waals surface area contributed by atoms with Crippen LogP contribution < -0.4 is 5.32 Å². The lowest BCUT2D eigenvalue weighted by atomic mass is 9.97. The molecule has 1 N–H and O–H groups in total. The molecule has 3 rings (SSSR count). The summed E-state index contributed by atoms with van der Waals surface area (Å²) in [6.45, 7) is 2.68. The Balaban J connectivity index is 1.54. The molecule has 1 fully saturated rings. The van der Waals surface area contributed by atoms with Crippen LogP contribution in [0.2, 0.25) is 0 Å². The van der Waals surface area contributed by atoms with Gasteiger partial charge in [-0.25, -0.2) is 17.1 Å². The number of halogens is 1. The van der Waals surface area contributed by atoms with E-state index >= 15 is 0 Å². The number of hydrogen-bond acceptors (Lipinski definition) is 6. The van der Waals surface area contributed by atoms with E-state index in [0.717, 1.165) is 18.0 Å². The summed E-state index contributed by atoms with van der Waals surface area (Å²) >= 11 is 1.06. The first-order chi connectivity index (χ1) is 13.4. The van der Waals surface area contributed by atoms with E-state index in [0.29, 0.717) is 48.9 Å². The zero-order valence-electron chi connectivity index (χ0n) is 15.6. The molecule has 0 spiro atoms. The summed E-state index contributed by atoms with van der Waals surface area (Å²) in [4.78, 5) is 16.8. The maximum Gasteiger partial charge on any atom is 0.229 e. The Morgan fingerprint density at radius 2 is 1.96 bits per heavy atom. The Morgan fingerprint density at radius 3 is 2.61 bits per heavy atom. The van der Waals surface area contributed by atoms with Crippen molar-refractivity contribution in [2.75, 3.05) is 24.2 Å².